The van der Waals surface area contributed by atoms with Crippen molar-refractivity contribution in [2.24, 2.45) is 5.73 Å². The number of benzene rings is 1. The molecule has 1 aromatic heterocycles. The molecule has 0 spiro atoms. The Morgan fingerprint density at radius 3 is 2.30 bits per heavy atom. The van der Waals surface area contributed by atoms with Gasteiger partial charge in [-0.2, -0.15) is 0 Å². The van der Waals surface area contributed by atoms with Gasteiger partial charge in [-0.3, -0.25) is 0 Å². The molecule has 3 rings (SSSR count). The van der Waals surface area contributed by atoms with E-state index in [0.717, 1.165) is 46.5 Å². The Morgan fingerprint density at radius 2 is 1.65 bits per heavy atom. The smallest absolute Gasteiger partial charge is 0.126 e. The minimum Gasteiger partial charge on any atom is -0.322 e. The van der Waals surface area contributed by atoms with Crippen LogP contribution in [0.4, 0.5) is 8.78 Å². The molecule has 0 saturated heterocycles. The average Bonchev–Trinajstić information content (AvgIpc) is 2.50. The summed E-state index contributed by atoms with van der Waals surface area (Å²) in [6.45, 7) is 0. The second kappa shape index (κ2) is 6.95. The van der Waals surface area contributed by atoms with Crippen LogP contribution < -0.4 is 5.73 Å². The third-order valence-corrected chi connectivity index (χ3v) is 5.70. The molecule has 1 aliphatic carbocycles. The number of hydrogen-bond acceptors (Lipinski definition) is 2. The number of nitrogens with two attached hydrogens (primary N) is 1. The second-order valence-electron chi connectivity index (χ2n) is 5.85. The molecule has 0 fully saturated rings. The van der Waals surface area contributed by atoms with Gasteiger partial charge in [-0.1, -0.05) is 0 Å². The third-order valence-electron chi connectivity index (χ3n) is 4.15. The van der Waals surface area contributed by atoms with Gasteiger partial charge < -0.3 is 5.73 Å². The highest BCUT2D eigenvalue weighted by atomic mass is 79.9. The summed E-state index contributed by atoms with van der Waals surface area (Å²) in [7, 11) is 0. The minimum atomic E-state index is -0.592. The number of fused-ring (bicyclic) bond motifs is 1. The molecule has 1 aromatic carbocycles. The highest BCUT2D eigenvalue weighted by molar-refractivity contribution is 9.11. The van der Waals surface area contributed by atoms with Crippen molar-refractivity contribution in [3.63, 3.8) is 0 Å². The van der Waals surface area contributed by atoms with Crippen molar-refractivity contribution >= 4 is 31.9 Å². The molecule has 6 heteroatoms. The molecule has 0 amide bonds. The van der Waals surface area contributed by atoms with E-state index in [1.165, 1.54) is 23.3 Å². The van der Waals surface area contributed by atoms with Crippen molar-refractivity contribution in [3.8, 4) is 0 Å². The van der Waals surface area contributed by atoms with Crippen LogP contribution >= 0.6 is 31.9 Å². The summed E-state index contributed by atoms with van der Waals surface area (Å²) < 4.78 is 28.4. The molecule has 0 aliphatic heterocycles. The van der Waals surface area contributed by atoms with Crippen molar-refractivity contribution in [2.75, 3.05) is 0 Å². The van der Waals surface area contributed by atoms with E-state index in [1.807, 2.05) is 0 Å². The average molecular weight is 446 g/mol. The topological polar surface area (TPSA) is 38.9 Å². The fourth-order valence-corrected chi connectivity index (χ4v) is 4.53. The molecular formula is C17H16Br2F2N2. The van der Waals surface area contributed by atoms with E-state index in [4.69, 9.17) is 5.73 Å². The van der Waals surface area contributed by atoms with E-state index in [9.17, 15) is 8.78 Å². The van der Waals surface area contributed by atoms with E-state index < -0.39 is 17.7 Å². The first-order valence-corrected chi connectivity index (χ1v) is 9.11. The van der Waals surface area contributed by atoms with E-state index in [-0.39, 0.29) is 0 Å². The first kappa shape index (κ1) is 17.0. The molecule has 1 atom stereocenters. The Bertz CT molecular complexity index is 730. The fourth-order valence-electron chi connectivity index (χ4n) is 3.08. The van der Waals surface area contributed by atoms with Gasteiger partial charge in [0.2, 0.25) is 0 Å². The Morgan fingerprint density at radius 1 is 1.04 bits per heavy atom. The van der Waals surface area contributed by atoms with Gasteiger partial charge in [-0.15, -0.1) is 0 Å². The number of nitrogens with zero attached hydrogens (tertiary/aromatic N) is 1. The molecule has 0 saturated carbocycles. The van der Waals surface area contributed by atoms with Crippen molar-refractivity contribution in [1.29, 1.82) is 0 Å². The number of rotatable bonds is 3. The van der Waals surface area contributed by atoms with Gasteiger partial charge in [0.1, 0.15) is 16.2 Å². The number of pyridine rings is 1. The van der Waals surface area contributed by atoms with Crippen LogP contribution in [0.3, 0.4) is 0 Å². The fraction of sp³-hybridized carbons (Fsp3) is 0.353. The summed E-state index contributed by atoms with van der Waals surface area (Å²) in [5.74, 6) is -1.18. The summed E-state index contributed by atoms with van der Waals surface area (Å²) in [6.07, 6.45) is 4.63. The van der Waals surface area contributed by atoms with E-state index >= 15 is 0 Å². The number of hydrogen-bond donors (Lipinski definition) is 1. The van der Waals surface area contributed by atoms with Gasteiger partial charge in [0.25, 0.3) is 0 Å². The van der Waals surface area contributed by atoms with Gasteiger partial charge in [-0.25, -0.2) is 13.8 Å². The quantitative estimate of drug-likeness (QED) is 0.674. The Kier molecular flexibility index (Phi) is 5.13. The molecule has 0 bridgehead atoms. The molecule has 2 N–H and O–H groups in total. The van der Waals surface area contributed by atoms with E-state index in [0.29, 0.717) is 12.0 Å². The lowest BCUT2D eigenvalue weighted by atomic mass is 9.91. The van der Waals surface area contributed by atoms with Crippen LogP contribution in [0.5, 0.6) is 0 Å². The monoisotopic (exact) mass is 444 g/mol. The summed E-state index contributed by atoms with van der Waals surface area (Å²) >= 11 is 7.17. The highest BCUT2D eigenvalue weighted by Crippen LogP contribution is 2.36. The maximum Gasteiger partial charge on any atom is 0.126 e. The van der Waals surface area contributed by atoms with Crippen molar-refractivity contribution in [1.82, 2.24) is 4.98 Å². The molecule has 23 heavy (non-hydrogen) atoms. The lowest BCUT2D eigenvalue weighted by molar-refractivity contribution is 0.575. The third kappa shape index (κ3) is 3.64. The molecular weight excluding hydrogens is 430 g/mol. The second-order valence-corrected chi connectivity index (χ2v) is 7.40. The van der Waals surface area contributed by atoms with Gasteiger partial charge in [0.05, 0.1) is 11.7 Å². The maximum absolute atomic E-state index is 13.3. The Hall–Kier alpha value is -0.850. The van der Waals surface area contributed by atoms with Crippen LogP contribution in [0, 0.1) is 11.6 Å². The zero-order chi connectivity index (χ0) is 16.6. The minimum absolute atomic E-state index is 0.325. The Balaban J connectivity index is 1.93. The van der Waals surface area contributed by atoms with Crippen molar-refractivity contribution in [2.45, 2.75) is 38.1 Å². The first-order valence-electron chi connectivity index (χ1n) is 7.53. The van der Waals surface area contributed by atoms with Crippen LogP contribution in [-0.2, 0) is 19.3 Å². The normalized spacial score (nSPS) is 15.3. The largest absolute Gasteiger partial charge is 0.322 e. The molecule has 122 valence electrons. The zero-order valence-electron chi connectivity index (χ0n) is 12.4. The Labute approximate surface area is 150 Å². The van der Waals surface area contributed by atoms with Crippen LogP contribution in [-0.4, -0.2) is 4.98 Å². The van der Waals surface area contributed by atoms with Crippen molar-refractivity contribution in [3.05, 3.63) is 61.3 Å². The van der Waals surface area contributed by atoms with Gasteiger partial charge in [0, 0.05) is 10.5 Å². The molecule has 0 radical (unpaired) electrons. The lowest BCUT2D eigenvalue weighted by Gasteiger charge is -2.22. The summed E-state index contributed by atoms with van der Waals surface area (Å²) in [5.41, 5.74) is 10.00. The molecule has 1 heterocycles. The predicted octanol–water partition coefficient (Wildman–Crippen LogP) is 5.01. The molecule has 0 unspecified atom stereocenters. The molecule has 2 aromatic rings. The van der Waals surface area contributed by atoms with Crippen LogP contribution in [0.15, 0.2) is 27.3 Å². The summed E-state index contributed by atoms with van der Waals surface area (Å²) in [4.78, 5) is 4.58. The van der Waals surface area contributed by atoms with Crippen LogP contribution in [0.25, 0.3) is 0 Å². The van der Waals surface area contributed by atoms with Crippen LogP contribution in [0.1, 0.15) is 41.3 Å². The lowest BCUT2D eigenvalue weighted by Crippen LogP contribution is -2.19. The summed E-state index contributed by atoms with van der Waals surface area (Å²) in [5, 5.41) is 0. The molecule has 2 nitrogen and oxygen atoms in total. The standard InChI is InChI=1S/C17H16Br2F2N2/c18-15-12-3-1-2-4-13(12)17(19)23-16(15)14(22)7-9-5-10(20)8-11(21)6-9/h5-6,8,14H,1-4,7,22H2/t14-/m0/s1. The van der Waals surface area contributed by atoms with E-state index in [2.05, 4.69) is 36.8 Å². The highest BCUT2D eigenvalue weighted by Gasteiger charge is 2.23. The van der Waals surface area contributed by atoms with E-state index in [1.54, 1.807) is 0 Å². The predicted molar refractivity (Wildman–Crippen MR) is 93.3 cm³/mol. The number of aromatic nitrogens is 1. The van der Waals surface area contributed by atoms with Gasteiger partial charge >= 0.3 is 0 Å². The van der Waals surface area contributed by atoms with Crippen molar-refractivity contribution < 1.29 is 8.78 Å². The zero-order valence-corrected chi connectivity index (χ0v) is 15.6. The van der Waals surface area contributed by atoms with Gasteiger partial charge in [0.15, 0.2) is 0 Å². The SMILES string of the molecule is N[C@@H](Cc1cc(F)cc(F)c1)c1nc(Br)c2c(c1Br)CCCC2. The first-order chi connectivity index (χ1) is 11.0. The number of halogens is 4. The molecule has 1 aliphatic rings. The summed E-state index contributed by atoms with van der Waals surface area (Å²) in [6, 6.07) is 3.04. The van der Waals surface area contributed by atoms with Gasteiger partial charge in [-0.05, 0) is 92.8 Å². The maximum atomic E-state index is 13.3. The van der Waals surface area contributed by atoms with Crippen LogP contribution in [0.2, 0.25) is 0 Å².